The van der Waals surface area contributed by atoms with Crippen LogP contribution in [0.1, 0.15) is 38.6 Å². The molecule has 1 saturated heterocycles. The molecule has 0 bridgehead atoms. The molecule has 2 heterocycles. The lowest BCUT2D eigenvalue weighted by atomic mass is 9.84. The number of nitrogens with zero attached hydrogens (tertiary/aromatic N) is 1. The largest absolute Gasteiger partial charge is 0.342 e. The molecule has 0 aromatic carbocycles. The molecule has 0 aliphatic carbocycles. The van der Waals surface area contributed by atoms with Gasteiger partial charge < -0.3 is 10.2 Å². The molecule has 0 radical (unpaired) electrons. The van der Waals surface area contributed by atoms with Crippen molar-refractivity contribution < 1.29 is 9.59 Å². The van der Waals surface area contributed by atoms with E-state index in [1.165, 1.54) is 0 Å². The molecule has 0 spiro atoms. The third kappa shape index (κ3) is 2.81. The lowest BCUT2D eigenvalue weighted by Gasteiger charge is -2.41. The minimum absolute atomic E-state index is 0.00741. The van der Waals surface area contributed by atoms with E-state index >= 15 is 0 Å². The van der Waals surface area contributed by atoms with Crippen molar-refractivity contribution in [2.24, 2.45) is 5.41 Å². The Hall–Kier alpha value is -1.36. The Morgan fingerprint density at radius 1 is 1.42 bits per heavy atom. The van der Waals surface area contributed by atoms with E-state index in [-0.39, 0.29) is 29.8 Å². The third-order valence-corrected chi connectivity index (χ3v) is 4.48. The van der Waals surface area contributed by atoms with Gasteiger partial charge in [-0.3, -0.25) is 9.59 Å². The van der Waals surface area contributed by atoms with Crippen molar-refractivity contribution in [2.45, 2.75) is 39.8 Å². The Balaban J connectivity index is 2.25. The van der Waals surface area contributed by atoms with Crippen LogP contribution in [0.5, 0.6) is 0 Å². The Labute approximate surface area is 117 Å². The van der Waals surface area contributed by atoms with E-state index in [2.05, 4.69) is 5.32 Å². The number of piperazine rings is 1. The van der Waals surface area contributed by atoms with Crippen molar-refractivity contribution in [1.82, 2.24) is 10.2 Å². The Bertz CT molecular complexity index is 476. The smallest absolute Gasteiger partial charge is 0.246 e. The van der Waals surface area contributed by atoms with Crippen LogP contribution in [0.2, 0.25) is 0 Å². The van der Waals surface area contributed by atoms with Gasteiger partial charge in [-0.2, -0.15) is 0 Å². The van der Waals surface area contributed by atoms with Gasteiger partial charge in [0, 0.05) is 4.88 Å². The summed E-state index contributed by atoms with van der Waals surface area (Å²) in [5.41, 5.74) is -0.277. The van der Waals surface area contributed by atoms with Gasteiger partial charge in [0.15, 0.2) is 0 Å². The number of amides is 2. The van der Waals surface area contributed by atoms with E-state index in [9.17, 15) is 9.59 Å². The molecular formula is C14H20N2O2S. The van der Waals surface area contributed by atoms with Crippen LogP contribution in [0, 0.1) is 5.41 Å². The molecule has 2 unspecified atom stereocenters. The second-order valence-electron chi connectivity index (χ2n) is 6.02. The van der Waals surface area contributed by atoms with Gasteiger partial charge in [-0.25, -0.2) is 0 Å². The van der Waals surface area contributed by atoms with Crippen LogP contribution >= 0.6 is 11.3 Å². The van der Waals surface area contributed by atoms with Gasteiger partial charge in [0.1, 0.15) is 12.6 Å². The first-order valence-corrected chi connectivity index (χ1v) is 7.32. The Morgan fingerprint density at radius 2 is 2.11 bits per heavy atom. The van der Waals surface area contributed by atoms with Gasteiger partial charge in [0.2, 0.25) is 11.8 Å². The molecule has 1 aromatic rings. The Kier molecular flexibility index (Phi) is 3.67. The first-order chi connectivity index (χ1) is 8.80. The highest BCUT2D eigenvalue weighted by atomic mass is 32.1. The van der Waals surface area contributed by atoms with Gasteiger partial charge in [-0.05, 0) is 23.8 Å². The van der Waals surface area contributed by atoms with Crippen molar-refractivity contribution >= 4 is 23.2 Å². The molecule has 2 rings (SSSR count). The fourth-order valence-corrected chi connectivity index (χ4v) is 3.06. The van der Waals surface area contributed by atoms with Crippen LogP contribution in [-0.2, 0) is 9.59 Å². The number of rotatable bonds is 2. The molecule has 5 heteroatoms. The predicted octanol–water partition coefficient (Wildman–Crippen LogP) is 2.18. The number of carbonyl (C=O) groups excluding carboxylic acids is 2. The van der Waals surface area contributed by atoms with Crippen molar-refractivity contribution in [3.63, 3.8) is 0 Å². The highest BCUT2D eigenvalue weighted by Crippen LogP contribution is 2.30. The number of nitrogens with one attached hydrogen (secondary N) is 1. The summed E-state index contributed by atoms with van der Waals surface area (Å²) in [6.45, 7) is 8.02. The maximum atomic E-state index is 12.6. The molecular weight excluding hydrogens is 260 g/mol. The van der Waals surface area contributed by atoms with Crippen molar-refractivity contribution in [3.05, 3.63) is 22.4 Å². The highest BCUT2D eigenvalue weighted by molar-refractivity contribution is 7.10. The molecule has 4 nitrogen and oxygen atoms in total. The standard InChI is InChI=1S/C14H20N2O2S/c1-9(10-6-5-7-19-10)16-8-11(17)15-12(13(16)18)14(2,3)4/h5-7,9,12H,8H2,1-4H3,(H,15,17). The molecule has 0 saturated carbocycles. The summed E-state index contributed by atoms with van der Waals surface area (Å²) in [5, 5.41) is 4.80. The summed E-state index contributed by atoms with van der Waals surface area (Å²) in [6.07, 6.45) is 0. The van der Waals surface area contributed by atoms with Crippen molar-refractivity contribution in [2.75, 3.05) is 6.54 Å². The van der Waals surface area contributed by atoms with E-state index in [1.807, 2.05) is 45.2 Å². The zero-order valence-electron chi connectivity index (χ0n) is 11.8. The molecule has 1 fully saturated rings. The zero-order chi connectivity index (χ0) is 14.2. The van der Waals surface area contributed by atoms with Crippen LogP contribution in [0.15, 0.2) is 17.5 Å². The number of thiophene rings is 1. The van der Waals surface area contributed by atoms with Crippen molar-refractivity contribution in [1.29, 1.82) is 0 Å². The molecule has 2 amide bonds. The molecule has 2 atom stereocenters. The second kappa shape index (κ2) is 4.96. The van der Waals surface area contributed by atoms with Crippen LogP contribution < -0.4 is 5.32 Å². The maximum absolute atomic E-state index is 12.6. The quantitative estimate of drug-likeness (QED) is 0.902. The van der Waals surface area contributed by atoms with E-state index < -0.39 is 6.04 Å². The summed E-state index contributed by atoms with van der Waals surface area (Å²) >= 11 is 1.61. The summed E-state index contributed by atoms with van der Waals surface area (Å²) in [7, 11) is 0. The number of hydrogen-bond acceptors (Lipinski definition) is 3. The van der Waals surface area contributed by atoms with Gasteiger partial charge in [0.25, 0.3) is 0 Å². The van der Waals surface area contributed by atoms with Crippen molar-refractivity contribution in [3.8, 4) is 0 Å². The SMILES string of the molecule is CC(c1cccs1)N1CC(=O)NC(C(C)(C)C)C1=O. The molecule has 104 valence electrons. The van der Waals surface area contributed by atoms with Crippen LogP contribution in [0.3, 0.4) is 0 Å². The summed E-state index contributed by atoms with van der Waals surface area (Å²) in [6, 6.07) is 3.47. The zero-order valence-corrected chi connectivity index (χ0v) is 12.6. The minimum Gasteiger partial charge on any atom is -0.342 e. The van der Waals surface area contributed by atoms with Crippen LogP contribution in [0.25, 0.3) is 0 Å². The minimum atomic E-state index is -0.448. The molecule has 1 aliphatic rings. The van der Waals surface area contributed by atoms with E-state index in [4.69, 9.17) is 0 Å². The van der Waals surface area contributed by atoms with Gasteiger partial charge >= 0.3 is 0 Å². The molecule has 1 aliphatic heterocycles. The van der Waals surface area contributed by atoms with Gasteiger partial charge in [-0.1, -0.05) is 26.8 Å². The van der Waals surface area contributed by atoms with Crippen LogP contribution in [0.4, 0.5) is 0 Å². The second-order valence-corrected chi connectivity index (χ2v) is 7.00. The highest BCUT2D eigenvalue weighted by Gasteiger charge is 2.41. The van der Waals surface area contributed by atoms with Gasteiger partial charge in [0.05, 0.1) is 6.04 Å². The van der Waals surface area contributed by atoms with E-state index in [0.29, 0.717) is 0 Å². The predicted molar refractivity (Wildman–Crippen MR) is 75.8 cm³/mol. The van der Waals surface area contributed by atoms with Crippen LogP contribution in [-0.4, -0.2) is 29.3 Å². The molecule has 1 aromatic heterocycles. The van der Waals surface area contributed by atoms with E-state index in [0.717, 1.165) is 4.88 Å². The first kappa shape index (κ1) is 14.1. The first-order valence-electron chi connectivity index (χ1n) is 6.44. The fraction of sp³-hybridized carbons (Fsp3) is 0.571. The maximum Gasteiger partial charge on any atom is 0.246 e. The third-order valence-electron chi connectivity index (χ3n) is 3.44. The fourth-order valence-electron chi connectivity index (χ4n) is 2.26. The summed E-state index contributed by atoms with van der Waals surface area (Å²) in [5.74, 6) is -0.0732. The normalized spacial score (nSPS) is 22.3. The monoisotopic (exact) mass is 280 g/mol. The lowest BCUT2D eigenvalue weighted by molar-refractivity contribution is -0.149. The van der Waals surface area contributed by atoms with Gasteiger partial charge in [-0.15, -0.1) is 11.3 Å². The average Bonchev–Trinajstić information content (AvgIpc) is 2.83. The molecule has 1 N–H and O–H groups in total. The Morgan fingerprint density at radius 3 is 2.63 bits per heavy atom. The average molecular weight is 280 g/mol. The molecule has 19 heavy (non-hydrogen) atoms. The van der Waals surface area contributed by atoms with E-state index in [1.54, 1.807) is 16.2 Å². The lowest BCUT2D eigenvalue weighted by Crippen LogP contribution is -2.62. The summed E-state index contributed by atoms with van der Waals surface area (Å²) in [4.78, 5) is 27.2. The number of carbonyl (C=O) groups is 2. The topological polar surface area (TPSA) is 49.4 Å². The number of hydrogen-bond donors (Lipinski definition) is 1. The summed E-state index contributed by atoms with van der Waals surface area (Å²) < 4.78 is 0.